The van der Waals surface area contributed by atoms with Crippen molar-refractivity contribution in [3.63, 3.8) is 0 Å². The van der Waals surface area contributed by atoms with Gasteiger partial charge in [0.2, 0.25) is 6.29 Å². The molecule has 0 spiro atoms. The molecule has 2 saturated heterocycles. The Morgan fingerprint density at radius 3 is 2.55 bits per heavy atom. The van der Waals surface area contributed by atoms with Gasteiger partial charge in [-0.25, -0.2) is 4.79 Å². The second-order valence-electron chi connectivity index (χ2n) is 7.96. The lowest BCUT2D eigenvalue weighted by atomic mass is 9.77. The number of methoxy groups -OCH3 is 1. The van der Waals surface area contributed by atoms with Crippen LogP contribution in [-0.2, 0) is 33.2 Å². The number of carbonyl (C=O) groups excluding carboxylic acids is 1. The van der Waals surface area contributed by atoms with Crippen molar-refractivity contribution in [2.75, 3.05) is 20.3 Å². The predicted octanol–water partition coefficient (Wildman–Crippen LogP) is -0.990. The number of esters is 1. The summed E-state index contributed by atoms with van der Waals surface area (Å²) >= 11 is 0. The normalized spacial score (nSPS) is 42.9. The maximum absolute atomic E-state index is 12.3. The second kappa shape index (κ2) is 10.5. The maximum Gasteiger partial charge on any atom is 0.337 e. The van der Waals surface area contributed by atoms with E-state index in [1.807, 2.05) is 6.92 Å². The van der Waals surface area contributed by atoms with Gasteiger partial charge in [0.25, 0.3) is 0 Å². The summed E-state index contributed by atoms with van der Waals surface area (Å²) in [5, 5.41) is 39.7. The molecule has 0 amide bonds. The molecule has 10 atom stereocenters. The fourth-order valence-corrected chi connectivity index (χ4v) is 4.25. The Bertz CT molecular complexity index is 639. The minimum absolute atomic E-state index is 0.321. The number of carbonyl (C=O) groups is 1. The van der Waals surface area contributed by atoms with E-state index in [1.165, 1.54) is 13.4 Å². The minimum Gasteiger partial charge on any atom is -0.471 e. The summed E-state index contributed by atoms with van der Waals surface area (Å²) in [6.07, 6.45) is -6.68. The first kappa shape index (κ1) is 24.3. The molecule has 0 bridgehead atoms. The zero-order valence-electron chi connectivity index (χ0n) is 17.8. The van der Waals surface area contributed by atoms with E-state index in [9.17, 15) is 25.2 Å². The molecule has 3 heterocycles. The van der Waals surface area contributed by atoms with Crippen molar-refractivity contribution in [2.45, 2.75) is 76.1 Å². The van der Waals surface area contributed by atoms with Crippen molar-refractivity contribution in [1.82, 2.24) is 0 Å². The Hall–Kier alpha value is -1.31. The molecule has 178 valence electrons. The lowest BCUT2D eigenvalue weighted by Gasteiger charge is -2.47. The molecule has 0 saturated carbocycles. The highest BCUT2D eigenvalue weighted by Crippen LogP contribution is 2.43. The van der Waals surface area contributed by atoms with Crippen molar-refractivity contribution in [2.24, 2.45) is 11.8 Å². The lowest BCUT2D eigenvalue weighted by Crippen LogP contribution is -2.61. The number of ether oxygens (including phenoxy) is 6. The molecule has 0 aromatic heterocycles. The average Bonchev–Trinajstić information content (AvgIpc) is 2.77. The number of aliphatic hydroxyl groups is 4. The van der Waals surface area contributed by atoms with Crippen LogP contribution < -0.4 is 0 Å². The van der Waals surface area contributed by atoms with Gasteiger partial charge in [0, 0.05) is 18.9 Å². The van der Waals surface area contributed by atoms with Crippen LogP contribution in [0.3, 0.4) is 0 Å². The fraction of sp³-hybridized carbons (Fsp3) is 0.850. The van der Waals surface area contributed by atoms with Crippen LogP contribution in [0.5, 0.6) is 0 Å². The highest BCUT2D eigenvalue weighted by atomic mass is 16.8. The molecule has 3 unspecified atom stereocenters. The van der Waals surface area contributed by atoms with Gasteiger partial charge < -0.3 is 48.8 Å². The van der Waals surface area contributed by atoms with Crippen LogP contribution in [-0.4, -0.2) is 96.1 Å². The molecule has 31 heavy (non-hydrogen) atoms. The van der Waals surface area contributed by atoms with Crippen LogP contribution in [0.25, 0.3) is 0 Å². The van der Waals surface area contributed by atoms with Crippen LogP contribution in [0, 0.1) is 11.8 Å². The van der Waals surface area contributed by atoms with Gasteiger partial charge in [0.1, 0.15) is 24.4 Å². The quantitative estimate of drug-likeness (QED) is 0.355. The summed E-state index contributed by atoms with van der Waals surface area (Å²) < 4.78 is 33.5. The second-order valence-corrected chi connectivity index (χ2v) is 7.96. The topological polar surface area (TPSA) is 153 Å². The van der Waals surface area contributed by atoms with Crippen molar-refractivity contribution < 1.29 is 53.6 Å². The first-order chi connectivity index (χ1) is 14.8. The number of rotatable bonds is 7. The van der Waals surface area contributed by atoms with Gasteiger partial charge in [-0.15, -0.1) is 0 Å². The van der Waals surface area contributed by atoms with Gasteiger partial charge in [-0.3, -0.25) is 0 Å². The summed E-state index contributed by atoms with van der Waals surface area (Å²) in [4.78, 5) is 12.3. The van der Waals surface area contributed by atoms with E-state index >= 15 is 0 Å². The molecule has 0 aromatic carbocycles. The highest BCUT2D eigenvalue weighted by Gasteiger charge is 2.51. The van der Waals surface area contributed by atoms with Gasteiger partial charge in [-0.1, -0.05) is 6.92 Å². The molecule has 0 radical (unpaired) electrons. The third-order valence-corrected chi connectivity index (χ3v) is 5.91. The molecule has 3 aliphatic heterocycles. The molecule has 4 N–H and O–H groups in total. The predicted molar refractivity (Wildman–Crippen MR) is 102 cm³/mol. The molecular formula is C20H32O11. The van der Waals surface area contributed by atoms with Crippen LogP contribution in [0.2, 0.25) is 0 Å². The van der Waals surface area contributed by atoms with Gasteiger partial charge in [-0.05, 0) is 13.3 Å². The third kappa shape index (κ3) is 5.04. The molecule has 3 rings (SSSR count). The zero-order chi connectivity index (χ0) is 22.7. The van der Waals surface area contributed by atoms with Crippen molar-refractivity contribution in [1.29, 1.82) is 0 Å². The number of aliphatic hydroxyl groups excluding tert-OH is 4. The summed E-state index contributed by atoms with van der Waals surface area (Å²) in [6.45, 7) is 3.71. The Morgan fingerprint density at radius 1 is 1.16 bits per heavy atom. The van der Waals surface area contributed by atoms with Gasteiger partial charge in [0.15, 0.2) is 12.6 Å². The van der Waals surface area contributed by atoms with E-state index < -0.39 is 67.9 Å². The van der Waals surface area contributed by atoms with Gasteiger partial charge in [0.05, 0.1) is 37.6 Å². The standard InChI is InChI=1S/C20H32O11/c1-4-5-27-13-6-10-11(18(25)26-3)8-28-19(14(10)9(2)29-13)31-20-17(24)16(23)15(22)12(7-21)30-20/h8-10,12-17,19-24H,4-7H2,1-3H3/t9-,10?,12+,13?,14?,15+,16-,17+,19-,20-/m0/s1. The number of fused-ring (bicyclic) bond motifs is 1. The summed E-state index contributed by atoms with van der Waals surface area (Å²) in [7, 11) is 1.28. The number of hydrogen-bond acceptors (Lipinski definition) is 11. The van der Waals surface area contributed by atoms with E-state index in [-0.39, 0.29) is 5.92 Å². The van der Waals surface area contributed by atoms with E-state index in [0.29, 0.717) is 18.6 Å². The highest BCUT2D eigenvalue weighted by molar-refractivity contribution is 5.88. The van der Waals surface area contributed by atoms with Gasteiger partial charge in [-0.2, -0.15) is 0 Å². The zero-order valence-corrected chi connectivity index (χ0v) is 17.8. The Morgan fingerprint density at radius 2 is 1.90 bits per heavy atom. The smallest absolute Gasteiger partial charge is 0.337 e. The van der Waals surface area contributed by atoms with Gasteiger partial charge >= 0.3 is 5.97 Å². The summed E-state index contributed by atoms with van der Waals surface area (Å²) in [6, 6.07) is 0. The fourth-order valence-electron chi connectivity index (χ4n) is 4.25. The van der Waals surface area contributed by atoms with E-state index in [0.717, 1.165) is 6.42 Å². The average molecular weight is 448 g/mol. The number of hydrogen-bond donors (Lipinski definition) is 4. The molecule has 11 nitrogen and oxygen atoms in total. The molecule has 11 heteroatoms. The lowest BCUT2D eigenvalue weighted by molar-refractivity contribution is -0.353. The van der Waals surface area contributed by atoms with Crippen molar-refractivity contribution in [3.05, 3.63) is 11.8 Å². The van der Waals surface area contributed by atoms with E-state index in [2.05, 4.69) is 0 Å². The third-order valence-electron chi connectivity index (χ3n) is 5.91. The van der Waals surface area contributed by atoms with E-state index in [1.54, 1.807) is 6.92 Å². The molecule has 3 aliphatic rings. The Labute approximate surface area is 180 Å². The summed E-state index contributed by atoms with van der Waals surface area (Å²) in [5.41, 5.74) is 0.321. The van der Waals surface area contributed by atoms with Crippen LogP contribution in [0.4, 0.5) is 0 Å². The van der Waals surface area contributed by atoms with Crippen LogP contribution >= 0.6 is 0 Å². The molecule has 0 aliphatic carbocycles. The molecule has 0 aromatic rings. The van der Waals surface area contributed by atoms with Crippen LogP contribution in [0.15, 0.2) is 11.8 Å². The Kier molecular flexibility index (Phi) is 8.27. The molecule has 2 fully saturated rings. The largest absolute Gasteiger partial charge is 0.471 e. The minimum atomic E-state index is -1.58. The van der Waals surface area contributed by atoms with Crippen molar-refractivity contribution >= 4 is 5.97 Å². The molecular weight excluding hydrogens is 416 g/mol. The van der Waals surface area contributed by atoms with Crippen LogP contribution in [0.1, 0.15) is 26.7 Å². The van der Waals surface area contributed by atoms with Crippen molar-refractivity contribution in [3.8, 4) is 0 Å². The SMILES string of the molecule is CCCOC1CC2C(C(=O)OC)=CO[C@@H](O[C@@H]3O[C@H](CO)[C@@H](O)[C@H](O)[C@H]3O)C2[C@H](C)O1. The first-order valence-electron chi connectivity index (χ1n) is 10.5. The summed E-state index contributed by atoms with van der Waals surface area (Å²) in [5.74, 6) is -1.39. The maximum atomic E-state index is 12.3. The monoisotopic (exact) mass is 448 g/mol. The first-order valence-corrected chi connectivity index (χ1v) is 10.5. The Balaban J connectivity index is 1.80. The van der Waals surface area contributed by atoms with E-state index in [4.69, 9.17) is 28.4 Å².